The Labute approximate surface area is 246 Å². The molecule has 11 heteroatoms. The molecule has 5 aromatic rings. The maximum Gasteiger partial charge on any atom is 0.229 e. The number of carbonyl (C=O) groups is 1. The van der Waals surface area contributed by atoms with Crippen LogP contribution >= 0.6 is 22.9 Å². The summed E-state index contributed by atoms with van der Waals surface area (Å²) in [6, 6.07) is 16.2. The molecule has 6 bridgehead atoms. The van der Waals surface area contributed by atoms with Crippen molar-refractivity contribution in [3.8, 4) is 0 Å². The number of nitrogens with zero attached hydrogens (tertiary/aromatic N) is 5. The van der Waals surface area contributed by atoms with E-state index in [-0.39, 0.29) is 11.8 Å². The summed E-state index contributed by atoms with van der Waals surface area (Å²) in [5.74, 6) is 1.22. The average Bonchev–Trinajstić information content (AvgIpc) is 3.62. The summed E-state index contributed by atoms with van der Waals surface area (Å²) in [4.78, 5) is 33.6. The lowest BCUT2D eigenvalue weighted by Crippen LogP contribution is -2.22. The van der Waals surface area contributed by atoms with E-state index in [2.05, 4.69) is 41.9 Å². The minimum Gasteiger partial charge on any atom is -0.348 e. The van der Waals surface area contributed by atoms with Crippen molar-refractivity contribution in [2.24, 2.45) is 5.92 Å². The van der Waals surface area contributed by atoms with Crippen molar-refractivity contribution >= 4 is 73.0 Å². The van der Waals surface area contributed by atoms with Crippen LogP contribution in [0.15, 0.2) is 67.1 Å². The first-order valence-electron chi connectivity index (χ1n) is 13.6. The van der Waals surface area contributed by atoms with E-state index in [9.17, 15) is 4.79 Å². The third kappa shape index (κ3) is 5.66. The Hall–Kier alpha value is -4.28. The molecule has 1 saturated heterocycles. The third-order valence-electron chi connectivity index (χ3n) is 7.43. The topological polar surface area (TPSA) is 108 Å². The number of nitrogens with one attached hydrogen (secondary N) is 3. The van der Waals surface area contributed by atoms with Gasteiger partial charge in [0.2, 0.25) is 11.9 Å². The number of halogens is 1. The first-order chi connectivity index (χ1) is 20.1. The molecule has 206 valence electrons. The molecule has 1 fully saturated rings. The van der Waals surface area contributed by atoms with Crippen molar-refractivity contribution in [2.45, 2.75) is 25.7 Å². The molecule has 0 aliphatic carbocycles. The Bertz CT molecular complexity index is 1730. The summed E-state index contributed by atoms with van der Waals surface area (Å²) in [6.45, 7) is 1.75. The molecule has 3 N–H and O–H groups in total. The molecule has 0 saturated carbocycles. The second-order valence-corrected chi connectivity index (χ2v) is 11.8. The molecule has 1 amide bonds. The summed E-state index contributed by atoms with van der Waals surface area (Å²) >= 11 is 8.11. The predicted octanol–water partition coefficient (Wildman–Crippen LogP) is 6.58. The third-order valence-corrected chi connectivity index (χ3v) is 8.81. The molecule has 7 rings (SSSR count). The molecule has 2 aliphatic rings. The van der Waals surface area contributed by atoms with E-state index < -0.39 is 0 Å². The fourth-order valence-electron chi connectivity index (χ4n) is 5.38. The highest BCUT2D eigenvalue weighted by Gasteiger charge is 2.27. The smallest absolute Gasteiger partial charge is 0.229 e. The molecular weight excluding hydrogens is 556 g/mol. The van der Waals surface area contributed by atoms with Crippen LogP contribution in [0.4, 0.5) is 34.0 Å². The van der Waals surface area contributed by atoms with Crippen LogP contribution < -0.4 is 20.9 Å². The van der Waals surface area contributed by atoms with Gasteiger partial charge >= 0.3 is 0 Å². The average molecular weight is 583 g/mol. The van der Waals surface area contributed by atoms with Crippen molar-refractivity contribution in [3.63, 3.8) is 0 Å². The van der Waals surface area contributed by atoms with Gasteiger partial charge in [-0.05, 0) is 72.7 Å². The van der Waals surface area contributed by atoms with Crippen molar-refractivity contribution in [3.05, 3.63) is 83.3 Å². The Balaban J connectivity index is 1.08. The van der Waals surface area contributed by atoms with Crippen LogP contribution in [0.5, 0.6) is 0 Å². The number of hydrogen-bond acceptors (Lipinski definition) is 9. The van der Waals surface area contributed by atoms with Gasteiger partial charge in [-0.3, -0.25) is 9.78 Å². The zero-order valence-electron chi connectivity index (χ0n) is 22.1. The van der Waals surface area contributed by atoms with E-state index in [1.165, 1.54) is 4.70 Å². The number of pyridine rings is 1. The lowest BCUT2D eigenvalue weighted by Gasteiger charge is -2.16. The maximum absolute atomic E-state index is 13.2. The summed E-state index contributed by atoms with van der Waals surface area (Å²) in [5.41, 5.74) is 5.56. The van der Waals surface area contributed by atoms with Gasteiger partial charge in [-0.15, -0.1) is 0 Å². The van der Waals surface area contributed by atoms with E-state index in [0.29, 0.717) is 23.2 Å². The number of fused-ring (bicyclic) bond motifs is 7. The number of anilines is 6. The molecule has 0 unspecified atom stereocenters. The number of carbonyl (C=O) groups excluding carboxylic acids is 1. The predicted molar refractivity (Wildman–Crippen MR) is 165 cm³/mol. The molecule has 2 aromatic carbocycles. The Morgan fingerprint density at radius 1 is 1.05 bits per heavy atom. The lowest BCUT2D eigenvalue weighted by atomic mass is 10.0. The van der Waals surface area contributed by atoms with Gasteiger partial charge in [0.1, 0.15) is 5.02 Å². The Morgan fingerprint density at radius 3 is 2.90 bits per heavy atom. The van der Waals surface area contributed by atoms with Gasteiger partial charge in [0.15, 0.2) is 10.9 Å². The fraction of sp³-hybridized carbons (Fsp3) is 0.233. The van der Waals surface area contributed by atoms with Gasteiger partial charge in [-0.2, -0.15) is 4.98 Å². The number of rotatable bonds is 4. The van der Waals surface area contributed by atoms with Gasteiger partial charge in [0, 0.05) is 37.1 Å². The van der Waals surface area contributed by atoms with Crippen LogP contribution in [-0.2, 0) is 17.6 Å². The zero-order valence-corrected chi connectivity index (χ0v) is 23.7. The molecular formula is C30H27ClN8OS. The molecule has 5 heterocycles. The number of aromatic nitrogens is 4. The maximum atomic E-state index is 13.2. The van der Waals surface area contributed by atoms with Gasteiger partial charge in [-0.25, -0.2) is 9.97 Å². The van der Waals surface area contributed by atoms with Crippen LogP contribution in [0.1, 0.15) is 24.0 Å². The van der Waals surface area contributed by atoms with Crippen molar-refractivity contribution in [2.75, 3.05) is 33.9 Å². The SMILES string of the molecule is O=C(C[C@H]1CCN(c2nc3ccccc3s2)C1)Nc1ccc2cc1CCc1cncc(c1)Nc1ncc(Cl)c(n1)N2. The van der Waals surface area contributed by atoms with Crippen LogP contribution in [-0.4, -0.2) is 38.9 Å². The Morgan fingerprint density at radius 2 is 1.98 bits per heavy atom. The number of hydrogen-bond donors (Lipinski definition) is 3. The van der Waals surface area contributed by atoms with Gasteiger partial charge in [0.25, 0.3) is 0 Å². The molecule has 2 aliphatic heterocycles. The molecule has 3 aromatic heterocycles. The zero-order chi connectivity index (χ0) is 27.8. The van der Waals surface area contributed by atoms with Crippen LogP contribution in [0.3, 0.4) is 0 Å². The second kappa shape index (κ2) is 10.9. The fourth-order valence-corrected chi connectivity index (χ4v) is 6.52. The highest BCUT2D eigenvalue weighted by molar-refractivity contribution is 7.22. The number of amides is 1. The molecule has 1 atom stereocenters. The summed E-state index contributed by atoms with van der Waals surface area (Å²) in [5, 5.41) is 11.1. The second-order valence-electron chi connectivity index (χ2n) is 10.4. The van der Waals surface area contributed by atoms with E-state index in [4.69, 9.17) is 16.6 Å². The quantitative estimate of drug-likeness (QED) is 0.218. The molecule has 0 radical (unpaired) electrons. The van der Waals surface area contributed by atoms with Crippen molar-refractivity contribution in [1.82, 2.24) is 19.9 Å². The summed E-state index contributed by atoms with van der Waals surface area (Å²) in [7, 11) is 0. The van der Waals surface area contributed by atoms with Crippen molar-refractivity contribution < 1.29 is 4.79 Å². The molecule has 0 spiro atoms. The van der Waals surface area contributed by atoms with Crippen LogP contribution in [0.25, 0.3) is 10.2 Å². The number of para-hydroxylation sites is 1. The monoisotopic (exact) mass is 582 g/mol. The summed E-state index contributed by atoms with van der Waals surface area (Å²) < 4.78 is 1.19. The van der Waals surface area contributed by atoms with Gasteiger partial charge < -0.3 is 20.9 Å². The van der Waals surface area contributed by atoms with E-state index in [1.807, 2.05) is 48.7 Å². The Kier molecular flexibility index (Phi) is 6.85. The van der Waals surface area contributed by atoms with Crippen LogP contribution in [0, 0.1) is 5.92 Å². The molecule has 9 nitrogen and oxygen atoms in total. The number of benzene rings is 2. The normalized spacial score (nSPS) is 16.2. The molecule has 41 heavy (non-hydrogen) atoms. The van der Waals surface area contributed by atoms with Crippen LogP contribution in [0.2, 0.25) is 5.02 Å². The van der Waals surface area contributed by atoms with Gasteiger partial charge in [-0.1, -0.05) is 35.1 Å². The van der Waals surface area contributed by atoms with E-state index >= 15 is 0 Å². The minimum absolute atomic E-state index is 0.0253. The first kappa shape index (κ1) is 25.7. The van der Waals surface area contributed by atoms with Gasteiger partial charge in [0.05, 0.1) is 28.3 Å². The minimum atomic E-state index is 0.0253. The number of aryl methyl sites for hydroxylation is 2. The van der Waals surface area contributed by atoms with Crippen molar-refractivity contribution in [1.29, 1.82) is 0 Å². The highest BCUT2D eigenvalue weighted by atomic mass is 35.5. The van der Waals surface area contributed by atoms with E-state index in [1.54, 1.807) is 23.7 Å². The largest absolute Gasteiger partial charge is 0.348 e. The van der Waals surface area contributed by atoms with E-state index in [0.717, 1.165) is 71.2 Å². The first-order valence-corrected chi connectivity index (χ1v) is 14.8. The highest BCUT2D eigenvalue weighted by Crippen LogP contribution is 2.33. The summed E-state index contributed by atoms with van der Waals surface area (Å²) in [6.07, 6.45) is 8.08. The number of thiazole rings is 1. The standard InChI is InChI=1S/C30H27ClN8OS/c31-23-16-33-29-35-22-11-18(14-32-15-22)5-6-20-13-21(34-28(23)38-29)7-8-24(20)36-27(40)12-19-9-10-39(17-19)30-37-25-3-1-2-4-26(25)41-30/h1-4,7-8,11,13-16,19H,5-6,9-10,12,17H2,(H,36,40)(H2,33,34,35,38)/t19-/m1/s1. The lowest BCUT2D eigenvalue weighted by molar-refractivity contribution is -0.116.